The van der Waals surface area contributed by atoms with Crippen LogP contribution in [0, 0.1) is 0 Å². The van der Waals surface area contributed by atoms with Gasteiger partial charge in [-0.15, -0.1) is 5.10 Å². The van der Waals surface area contributed by atoms with Gasteiger partial charge in [0.15, 0.2) is 0 Å². The molecule has 0 aliphatic carbocycles. The molecule has 1 aromatic carbocycles. The van der Waals surface area contributed by atoms with Gasteiger partial charge >= 0.3 is 0 Å². The number of H-pyrrole nitrogens is 1. The molecule has 0 spiro atoms. The summed E-state index contributed by atoms with van der Waals surface area (Å²) >= 11 is 0. The molecule has 106 valence electrons. The van der Waals surface area contributed by atoms with Crippen molar-refractivity contribution < 1.29 is 4.79 Å². The van der Waals surface area contributed by atoms with E-state index in [4.69, 9.17) is 0 Å². The molecular weight excluding hydrogens is 266 g/mol. The summed E-state index contributed by atoms with van der Waals surface area (Å²) in [5.41, 5.74) is 2.13. The van der Waals surface area contributed by atoms with Crippen LogP contribution in [0.4, 0.5) is 0 Å². The first-order valence-corrected chi connectivity index (χ1v) is 7.00. The first-order valence-electron chi connectivity index (χ1n) is 7.00. The van der Waals surface area contributed by atoms with Gasteiger partial charge in [-0.1, -0.05) is 23.4 Å². The fourth-order valence-corrected chi connectivity index (χ4v) is 2.79. The van der Waals surface area contributed by atoms with Gasteiger partial charge in [-0.3, -0.25) is 4.79 Å². The molecule has 6 nitrogen and oxygen atoms in total. The quantitative estimate of drug-likeness (QED) is 0.789. The first-order chi connectivity index (χ1) is 10.3. The summed E-state index contributed by atoms with van der Waals surface area (Å²) in [6, 6.07) is 8.31. The van der Waals surface area contributed by atoms with E-state index in [0.717, 1.165) is 16.5 Å². The Balaban J connectivity index is 1.43. The molecule has 1 N–H and O–H groups in total. The number of benzene rings is 1. The molecule has 6 heteroatoms. The van der Waals surface area contributed by atoms with Crippen LogP contribution in [-0.4, -0.2) is 43.9 Å². The topological polar surface area (TPSA) is 66.8 Å². The van der Waals surface area contributed by atoms with Crippen molar-refractivity contribution in [1.82, 2.24) is 24.9 Å². The lowest BCUT2D eigenvalue weighted by Crippen LogP contribution is -2.51. The van der Waals surface area contributed by atoms with Crippen LogP contribution in [0.15, 0.2) is 42.9 Å². The van der Waals surface area contributed by atoms with Crippen LogP contribution in [0.5, 0.6) is 0 Å². The van der Waals surface area contributed by atoms with E-state index in [-0.39, 0.29) is 11.9 Å². The number of likely N-dealkylation sites (tertiary alicyclic amines) is 1. The highest BCUT2D eigenvalue weighted by Crippen LogP contribution is 2.23. The van der Waals surface area contributed by atoms with Crippen LogP contribution < -0.4 is 0 Å². The highest BCUT2D eigenvalue weighted by molar-refractivity contribution is 5.89. The molecule has 0 unspecified atom stereocenters. The second-order valence-electron chi connectivity index (χ2n) is 5.37. The Labute approximate surface area is 121 Å². The summed E-state index contributed by atoms with van der Waals surface area (Å²) in [4.78, 5) is 17.4. The summed E-state index contributed by atoms with van der Waals surface area (Å²) in [6.07, 6.45) is 5.87. The second-order valence-corrected chi connectivity index (χ2v) is 5.37. The van der Waals surface area contributed by atoms with E-state index in [1.54, 1.807) is 6.20 Å². The van der Waals surface area contributed by atoms with Gasteiger partial charge in [-0.25, -0.2) is 4.68 Å². The monoisotopic (exact) mass is 281 g/mol. The van der Waals surface area contributed by atoms with E-state index in [1.807, 2.05) is 46.2 Å². The average molecular weight is 281 g/mol. The number of carbonyl (C=O) groups is 1. The zero-order valence-electron chi connectivity index (χ0n) is 11.4. The lowest BCUT2D eigenvalue weighted by Gasteiger charge is -2.38. The molecule has 0 saturated carbocycles. The van der Waals surface area contributed by atoms with Gasteiger partial charge in [0.05, 0.1) is 18.7 Å². The fourth-order valence-electron chi connectivity index (χ4n) is 2.79. The number of carbonyl (C=O) groups excluding carboxylic acids is 1. The van der Waals surface area contributed by atoms with E-state index in [9.17, 15) is 4.79 Å². The SMILES string of the molecule is O=C(Cc1c[nH]c2ccccc12)N1CC(n2ccnn2)C1. The molecule has 0 radical (unpaired) electrons. The van der Waals surface area contributed by atoms with E-state index >= 15 is 0 Å². The molecule has 2 aromatic heterocycles. The van der Waals surface area contributed by atoms with Gasteiger partial charge in [-0.2, -0.15) is 0 Å². The van der Waals surface area contributed by atoms with Gasteiger partial charge in [0.25, 0.3) is 0 Å². The van der Waals surface area contributed by atoms with Gasteiger partial charge < -0.3 is 9.88 Å². The van der Waals surface area contributed by atoms with Gasteiger partial charge in [0.2, 0.25) is 5.91 Å². The van der Waals surface area contributed by atoms with E-state index in [2.05, 4.69) is 15.3 Å². The molecule has 1 fully saturated rings. The number of para-hydroxylation sites is 1. The van der Waals surface area contributed by atoms with Crippen molar-refractivity contribution in [3.8, 4) is 0 Å². The van der Waals surface area contributed by atoms with E-state index in [0.29, 0.717) is 19.5 Å². The number of aromatic amines is 1. The Hall–Kier alpha value is -2.63. The average Bonchev–Trinajstić information content (AvgIpc) is 3.08. The Morgan fingerprint density at radius 1 is 1.33 bits per heavy atom. The lowest BCUT2D eigenvalue weighted by atomic mass is 10.1. The minimum atomic E-state index is 0.163. The third-order valence-corrected chi connectivity index (χ3v) is 4.05. The normalized spacial score (nSPS) is 15.3. The molecule has 21 heavy (non-hydrogen) atoms. The molecule has 1 saturated heterocycles. The summed E-state index contributed by atoms with van der Waals surface area (Å²) in [7, 11) is 0. The number of hydrogen-bond donors (Lipinski definition) is 1. The number of amides is 1. The first kappa shape index (κ1) is 12.1. The maximum absolute atomic E-state index is 12.3. The summed E-state index contributed by atoms with van der Waals surface area (Å²) in [5.74, 6) is 0.163. The number of fused-ring (bicyclic) bond motifs is 1. The van der Waals surface area contributed by atoms with Crippen molar-refractivity contribution in [3.63, 3.8) is 0 Å². The Morgan fingerprint density at radius 3 is 3.00 bits per heavy atom. The van der Waals surface area contributed by atoms with Gasteiger partial charge in [0.1, 0.15) is 0 Å². The maximum Gasteiger partial charge on any atom is 0.227 e. The molecule has 3 aromatic rings. The molecular formula is C15H15N5O. The minimum Gasteiger partial charge on any atom is -0.361 e. The predicted octanol–water partition coefficient (Wildman–Crippen LogP) is 1.39. The Morgan fingerprint density at radius 2 is 2.19 bits per heavy atom. The van der Waals surface area contributed by atoms with Crippen molar-refractivity contribution in [2.75, 3.05) is 13.1 Å². The molecule has 4 rings (SSSR count). The van der Waals surface area contributed by atoms with Gasteiger partial charge in [0, 0.05) is 36.4 Å². The Kier molecular flexibility index (Phi) is 2.73. The number of aromatic nitrogens is 4. The van der Waals surface area contributed by atoms with Crippen LogP contribution in [0.2, 0.25) is 0 Å². The third-order valence-electron chi connectivity index (χ3n) is 4.05. The standard InChI is InChI=1S/C15H15N5O/c21-15(19-9-12(10-19)20-6-5-17-18-20)7-11-8-16-14-4-2-1-3-13(11)14/h1-6,8,12,16H,7,9-10H2. The zero-order valence-corrected chi connectivity index (χ0v) is 11.4. The lowest BCUT2D eigenvalue weighted by molar-refractivity contribution is -0.136. The van der Waals surface area contributed by atoms with Crippen molar-refractivity contribution >= 4 is 16.8 Å². The molecule has 3 heterocycles. The van der Waals surface area contributed by atoms with Crippen molar-refractivity contribution in [2.45, 2.75) is 12.5 Å². The van der Waals surface area contributed by atoms with Crippen LogP contribution in [0.3, 0.4) is 0 Å². The third kappa shape index (κ3) is 2.08. The molecule has 0 atom stereocenters. The molecule has 0 bridgehead atoms. The van der Waals surface area contributed by atoms with E-state index < -0.39 is 0 Å². The summed E-state index contributed by atoms with van der Waals surface area (Å²) in [5, 5.41) is 8.89. The van der Waals surface area contributed by atoms with Crippen LogP contribution >= 0.6 is 0 Å². The maximum atomic E-state index is 12.3. The van der Waals surface area contributed by atoms with Crippen LogP contribution in [-0.2, 0) is 11.2 Å². The number of rotatable bonds is 3. The van der Waals surface area contributed by atoms with Crippen LogP contribution in [0.25, 0.3) is 10.9 Å². The Bertz CT molecular complexity index is 770. The molecule has 1 aliphatic rings. The van der Waals surface area contributed by atoms with Crippen molar-refractivity contribution in [3.05, 3.63) is 48.4 Å². The van der Waals surface area contributed by atoms with Crippen molar-refractivity contribution in [1.29, 1.82) is 0 Å². The van der Waals surface area contributed by atoms with Crippen molar-refractivity contribution in [2.24, 2.45) is 0 Å². The highest BCUT2D eigenvalue weighted by atomic mass is 16.2. The second kappa shape index (κ2) is 4.73. The minimum absolute atomic E-state index is 0.163. The van der Waals surface area contributed by atoms with Gasteiger partial charge in [-0.05, 0) is 11.6 Å². The smallest absolute Gasteiger partial charge is 0.227 e. The predicted molar refractivity (Wildman–Crippen MR) is 77.6 cm³/mol. The summed E-state index contributed by atoms with van der Waals surface area (Å²) < 4.78 is 1.81. The number of nitrogens with one attached hydrogen (secondary N) is 1. The molecule has 1 amide bonds. The zero-order chi connectivity index (χ0) is 14.2. The highest BCUT2D eigenvalue weighted by Gasteiger charge is 2.32. The molecule has 1 aliphatic heterocycles. The largest absolute Gasteiger partial charge is 0.361 e. The fraction of sp³-hybridized carbons (Fsp3) is 0.267. The number of hydrogen-bond acceptors (Lipinski definition) is 3. The number of nitrogens with zero attached hydrogens (tertiary/aromatic N) is 4. The summed E-state index contributed by atoms with van der Waals surface area (Å²) in [6.45, 7) is 1.43. The van der Waals surface area contributed by atoms with E-state index in [1.165, 1.54) is 0 Å². The van der Waals surface area contributed by atoms with Crippen LogP contribution in [0.1, 0.15) is 11.6 Å².